The summed E-state index contributed by atoms with van der Waals surface area (Å²) in [6.07, 6.45) is 2.69. The summed E-state index contributed by atoms with van der Waals surface area (Å²) in [6.45, 7) is 13.3. The van der Waals surface area contributed by atoms with Crippen LogP contribution in [0.1, 0.15) is 64.5 Å². The van der Waals surface area contributed by atoms with E-state index in [1.165, 1.54) is 13.3 Å². The zero-order valence-electron chi connectivity index (χ0n) is 19.0. The van der Waals surface area contributed by atoms with E-state index in [0.29, 0.717) is 16.7 Å². The van der Waals surface area contributed by atoms with E-state index in [1.54, 1.807) is 39.0 Å². The van der Waals surface area contributed by atoms with Crippen LogP contribution in [0.5, 0.6) is 0 Å². The molecule has 0 atom stereocenters. The van der Waals surface area contributed by atoms with Gasteiger partial charge in [-0.1, -0.05) is 0 Å². The molecule has 1 aromatic heterocycles. The van der Waals surface area contributed by atoms with Gasteiger partial charge in [0.05, 0.1) is 29.6 Å². The summed E-state index contributed by atoms with van der Waals surface area (Å²) in [5.41, 5.74) is -0.211. The second-order valence-corrected chi connectivity index (χ2v) is 9.12. The number of ether oxygens (including phenoxy) is 2. The minimum atomic E-state index is -0.700. The zero-order chi connectivity index (χ0) is 22.7. The topological polar surface area (TPSA) is 96.0 Å². The van der Waals surface area contributed by atoms with Gasteiger partial charge in [0, 0.05) is 12.7 Å². The lowest BCUT2D eigenvalue weighted by Gasteiger charge is -2.32. The number of aromatic nitrogens is 1. The Morgan fingerprint density at radius 3 is 2.33 bits per heavy atom. The molecule has 1 fully saturated rings. The van der Waals surface area contributed by atoms with E-state index in [4.69, 9.17) is 18.8 Å². The number of esters is 1. The molecular formula is C21H31BN2O6. The maximum Gasteiger partial charge on any atom is 0.492 e. The fourth-order valence-corrected chi connectivity index (χ4v) is 2.65. The minimum absolute atomic E-state index is 0.121. The van der Waals surface area contributed by atoms with Gasteiger partial charge in [-0.3, -0.25) is 4.98 Å². The SMILES string of the molecule is COC(=O)c1ccnc(C=C(CNC(=O)OC(C)(C)C)B2OC(C)(C)C(C)(C)O2)c1. The lowest BCUT2D eigenvalue weighted by Crippen LogP contribution is -2.41. The summed E-state index contributed by atoms with van der Waals surface area (Å²) in [5, 5.41) is 2.73. The summed E-state index contributed by atoms with van der Waals surface area (Å²) in [5.74, 6) is -0.462. The summed E-state index contributed by atoms with van der Waals surface area (Å²) in [7, 11) is 0.618. The third-order valence-electron chi connectivity index (χ3n) is 4.93. The van der Waals surface area contributed by atoms with Crippen molar-refractivity contribution in [2.75, 3.05) is 13.7 Å². The van der Waals surface area contributed by atoms with Crippen LogP contribution in [0.4, 0.5) is 4.79 Å². The first-order valence-corrected chi connectivity index (χ1v) is 9.81. The Bertz CT molecular complexity index is 813. The lowest BCUT2D eigenvalue weighted by molar-refractivity contribution is 0.00578. The first-order chi connectivity index (χ1) is 13.7. The third-order valence-corrected chi connectivity index (χ3v) is 4.93. The van der Waals surface area contributed by atoms with E-state index in [9.17, 15) is 9.59 Å². The molecule has 1 amide bonds. The van der Waals surface area contributed by atoms with Gasteiger partial charge in [0.2, 0.25) is 0 Å². The van der Waals surface area contributed by atoms with Crippen LogP contribution in [0.25, 0.3) is 6.08 Å². The van der Waals surface area contributed by atoms with Gasteiger partial charge in [-0.05, 0) is 72.1 Å². The number of methoxy groups -OCH3 is 1. The fourth-order valence-electron chi connectivity index (χ4n) is 2.65. The predicted octanol–water partition coefficient (Wildman–Crippen LogP) is 3.41. The Balaban J connectivity index is 2.31. The van der Waals surface area contributed by atoms with Crippen LogP contribution in [-0.4, -0.2) is 54.6 Å². The number of amides is 1. The second-order valence-electron chi connectivity index (χ2n) is 9.12. The molecule has 8 nitrogen and oxygen atoms in total. The molecule has 0 bridgehead atoms. The van der Waals surface area contributed by atoms with E-state index in [-0.39, 0.29) is 6.54 Å². The molecule has 0 spiro atoms. The fraction of sp³-hybridized carbons (Fsp3) is 0.571. The van der Waals surface area contributed by atoms with Gasteiger partial charge in [-0.15, -0.1) is 0 Å². The minimum Gasteiger partial charge on any atom is -0.465 e. The molecule has 0 saturated carbocycles. The highest BCUT2D eigenvalue weighted by Gasteiger charge is 2.52. The zero-order valence-corrected chi connectivity index (χ0v) is 19.0. The van der Waals surface area contributed by atoms with Crippen molar-refractivity contribution in [3.8, 4) is 0 Å². The molecule has 1 aromatic rings. The van der Waals surface area contributed by atoms with Gasteiger partial charge in [-0.2, -0.15) is 0 Å². The molecule has 164 valence electrons. The predicted molar refractivity (Wildman–Crippen MR) is 114 cm³/mol. The van der Waals surface area contributed by atoms with Crippen LogP contribution in [0.15, 0.2) is 23.8 Å². The number of hydrogen-bond donors (Lipinski definition) is 1. The van der Waals surface area contributed by atoms with E-state index in [1.807, 2.05) is 27.7 Å². The van der Waals surface area contributed by atoms with E-state index in [2.05, 4.69) is 10.3 Å². The van der Waals surface area contributed by atoms with Crippen molar-refractivity contribution in [2.45, 2.75) is 65.3 Å². The average molecular weight is 418 g/mol. The Kier molecular flexibility index (Phi) is 6.99. The Morgan fingerprint density at radius 1 is 1.20 bits per heavy atom. The van der Waals surface area contributed by atoms with Crippen LogP contribution < -0.4 is 5.32 Å². The van der Waals surface area contributed by atoms with Crippen molar-refractivity contribution in [1.82, 2.24) is 10.3 Å². The Labute approximate surface area is 178 Å². The quantitative estimate of drug-likeness (QED) is 0.578. The van der Waals surface area contributed by atoms with Gasteiger partial charge in [-0.25, -0.2) is 9.59 Å². The molecule has 1 saturated heterocycles. The molecule has 0 aliphatic carbocycles. The number of carbonyl (C=O) groups excluding carboxylic acids is 2. The average Bonchev–Trinajstić information content (AvgIpc) is 2.84. The monoisotopic (exact) mass is 418 g/mol. The van der Waals surface area contributed by atoms with Crippen LogP contribution in [-0.2, 0) is 18.8 Å². The summed E-state index contributed by atoms with van der Waals surface area (Å²) in [6, 6.07) is 3.17. The van der Waals surface area contributed by atoms with Crippen molar-refractivity contribution < 1.29 is 28.4 Å². The van der Waals surface area contributed by atoms with Crippen molar-refractivity contribution in [2.24, 2.45) is 0 Å². The van der Waals surface area contributed by atoms with Gasteiger partial charge in [0.15, 0.2) is 0 Å². The molecule has 1 aliphatic rings. The van der Waals surface area contributed by atoms with Crippen LogP contribution in [0.3, 0.4) is 0 Å². The number of carbonyl (C=O) groups is 2. The molecule has 2 heterocycles. The first-order valence-electron chi connectivity index (χ1n) is 9.81. The molecule has 1 N–H and O–H groups in total. The number of pyridine rings is 1. The van der Waals surface area contributed by atoms with Crippen LogP contribution in [0, 0.1) is 0 Å². The number of alkyl carbamates (subject to hydrolysis) is 1. The van der Waals surface area contributed by atoms with Crippen molar-refractivity contribution >= 4 is 25.3 Å². The van der Waals surface area contributed by atoms with Gasteiger partial charge < -0.3 is 24.1 Å². The van der Waals surface area contributed by atoms with Crippen LogP contribution in [0.2, 0.25) is 0 Å². The number of nitrogens with one attached hydrogen (secondary N) is 1. The van der Waals surface area contributed by atoms with Crippen LogP contribution >= 0.6 is 0 Å². The molecule has 0 aromatic carbocycles. The lowest BCUT2D eigenvalue weighted by atomic mass is 9.77. The molecular weight excluding hydrogens is 387 g/mol. The maximum atomic E-state index is 12.1. The molecule has 0 radical (unpaired) electrons. The molecule has 9 heteroatoms. The smallest absolute Gasteiger partial charge is 0.465 e. The van der Waals surface area contributed by atoms with Crippen molar-refractivity contribution in [3.63, 3.8) is 0 Å². The highest BCUT2D eigenvalue weighted by atomic mass is 16.7. The standard InChI is InChI=1S/C21H31BN2O6/c1-19(2,3)28-18(26)24-13-15(22-29-20(4,5)21(6,7)30-22)12-16-11-14(9-10-23-16)17(25)27-8/h9-12H,13H2,1-8H3,(H,24,26). The van der Waals surface area contributed by atoms with E-state index < -0.39 is 36.0 Å². The largest absolute Gasteiger partial charge is 0.492 e. The summed E-state index contributed by atoms with van der Waals surface area (Å²) < 4.78 is 22.3. The molecule has 0 unspecified atom stereocenters. The summed E-state index contributed by atoms with van der Waals surface area (Å²) >= 11 is 0. The third kappa shape index (κ3) is 6.06. The normalized spacial score (nSPS) is 18.1. The summed E-state index contributed by atoms with van der Waals surface area (Å²) in [4.78, 5) is 28.3. The molecule has 2 rings (SSSR count). The molecule has 1 aliphatic heterocycles. The first kappa shape index (κ1) is 23.9. The second kappa shape index (κ2) is 8.77. The van der Waals surface area contributed by atoms with Gasteiger partial charge in [0.25, 0.3) is 0 Å². The van der Waals surface area contributed by atoms with E-state index in [0.717, 1.165) is 0 Å². The van der Waals surface area contributed by atoms with Gasteiger partial charge in [0.1, 0.15) is 5.60 Å². The highest BCUT2D eigenvalue weighted by Crippen LogP contribution is 2.38. The Hall–Kier alpha value is -2.39. The van der Waals surface area contributed by atoms with Crippen molar-refractivity contribution in [1.29, 1.82) is 0 Å². The van der Waals surface area contributed by atoms with Gasteiger partial charge >= 0.3 is 19.2 Å². The number of rotatable bonds is 5. The molecule has 30 heavy (non-hydrogen) atoms. The number of nitrogens with zero attached hydrogens (tertiary/aromatic N) is 1. The maximum absolute atomic E-state index is 12.1. The van der Waals surface area contributed by atoms with E-state index >= 15 is 0 Å². The highest BCUT2D eigenvalue weighted by molar-refractivity contribution is 6.56. The Morgan fingerprint density at radius 2 is 1.80 bits per heavy atom. The number of hydrogen-bond acceptors (Lipinski definition) is 7. The van der Waals surface area contributed by atoms with Crippen molar-refractivity contribution in [3.05, 3.63) is 35.1 Å².